The molecule has 1 amide bonds. The molecule has 1 aromatic rings. The van der Waals surface area contributed by atoms with E-state index in [4.69, 9.17) is 11.5 Å². The van der Waals surface area contributed by atoms with Crippen LogP contribution < -0.4 is 21.7 Å². The van der Waals surface area contributed by atoms with Crippen molar-refractivity contribution < 1.29 is 4.79 Å². The molecule has 21 heavy (non-hydrogen) atoms. The Labute approximate surface area is 128 Å². The summed E-state index contributed by atoms with van der Waals surface area (Å²) in [6.07, 6.45) is 7.86. The lowest BCUT2D eigenvalue weighted by Gasteiger charge is -2.29. The van der Waals surface area contributed by atoms with Crippen molar-refractivity contribution in [3.05, 3.63) is 17.0 Å². The highest BCUT2D eigenvalue weighted by atomic mass is 32.1. The molecule has 0 unspecified atom stereocenters. The summed E-state index contributed by atoms with van der Waals surface area (Å²) >= 11 is 1.38. The molecule has 0 atom stereocenters. The third kappa shape index (κ3) is 3.19. The molecule has 2 heterocycles. The van der Waals surface area contributed by atoms with Gasteiger partial charge in [-0.05, 0) is 25.7 Å². The summed E-state index contributed by atoms with van der Waals surface area (Å²) in [5, 5.41) is 3.84. The van der Waals surface area contributed by atoms with Gasteiger partial charge in [-0.2, -0.15) is 0 Å². The van der Waals surface area contributed by atoms with E-state index in [1.165, 1.54) is 11.3 Å². The van der Waals surface area contributed by atoms with E-state index in [9.17, 15) is 4.79 Å². The van der Waals surface area contributed by atoms with Crippen LogP contribution in [0.4, 0.5) is 10.9 Å². The Balaban J connectivity index is 1.67. The van der Waals surface area contributed by atoms with E-state index in [1.807, 2.05) is 0 Å². The van der Waals surface area contributed by atoms with Gasteiger partial charge in [0.2, 0.25) is 0 Å². The fourth-order valence-electron chi connectivity index (χ4n) is 2.69. The van der Waals surface area contributed by atoms with E-state index in [2.05, 4.69) is 27.4 Å². The molecule has 7 heteroatoms. The molecule has 1 aliphatic heterocycles. The molecule has 6 nitrogen and oxygen atoms in total. The minimum Gasteiger partial charge on any atom is -0.382 e. The lowest BCUT2D eigenvalue weighted by atomic mass is 10.1. The molecule has 1 saturated heterocycles. The van der Waals surface area contributed by atoms with E-state index in [1.54, 1.807) is 0 Å². The van der Waals surface area contributed by atoms with Gasteiger partial charge in [0, 0.05) is 25.2 Å². The van der Waals surface area contributed by atoms with Crippen LogP contribution in [0, 0.1) is 0 Å². The number of thiazole rings is 1. The number of carbonyl (C=O) groups is 1. The summed E-state index contributed by atoms with van der Waals surface area (Å²) < 4.78 is 0. The number of nitrogens with zero attached hydrogens (tertiary/aromatic N) is 2. The summed E-state index contributed by atoms with van der Waals surface area (Å²) in [6, 6.07) is 0.464. The zero-order chi connectivity index (χ0) is 14.8. The topological polar surface area (TPSA) is 97.3 Å². The molecule has 114 valence electrons. The molecule has 0 radical (unpaired) electrons. The van der Waals surface area contributed by atoms with Crippen molar-refractivity contribution in [2.45, 2.75) is 37.8 Å². The van der Waals surface area contributed by atoms with Crippen LogP contribution >= 0.6 is 11.3 Å². The molecule has 0 aromatic carbocycles. The second-order valence-corrected chi connectivity index (χ2v) is 6.63. The van der Waals surface area contributed by atoms with E-state index >= 15 is 0 Å². The van der Waals surface area contributed by atoms with Gasteiger partial charge >= 0.3 is 0 Å². The van der Waals surface area contributed by atoms with Gasteiger partial charge in [-0.3, -0.25) is 4.79 Å². The van der Waals surface area contributed by atoms with Crippen LogP contribution in [0.5, 0.6) is 0 Å². The predicted octanol–water partition coefficient (Wildman–Crippen LogP) is 1.10. The Kier molecular flexibility index (Phi) is 4.12. The Morgan fingerprint density at radius 3 is 2.67 bits per heavy atom. The molecule has 1 aromatic heterocycles. The van der Waals surface area contributed by atoms with Gasteiger partial charge in [0.25, 0.3) is 5.91 Å². The van der Waals surface area contributed by atoms with Crippen molar-refractivity contribution in [3.63, 3.8) is 0 Å². The lowest BCUT2D eigenvalue weighted by molar-refractivity contribution is 0.0943. The van der Waals surface area contributed by atoms with Crippen molar-refractivity contribution in [2.24, 2.45) is 5.73 Å². The number of piperidine rings is 1. The van der Waals surface area contributed by atoms with Crippen molar-refractivity contribution in [2.75, 3.05) is 23.7 Å². The van der Waals surface area contributed by atoms with E-state index in [0.717, 1.165) is 43.9 Å². The molecule has 5 N–H and O–H groups in total. The zero-order valence-electron chi connectivity index (χ0n) is 11.9. The van der Waals surface area contributed by atoms with E-state index in [0.29, 0.717) is 10.7 Å². The van der Waals surface area contributed by atoms with Crippen LogP contribution in [-0.4, -0.2) is 36.1 Å². The number of aromatic nitrogens is 1. The molecule has 0 spiro atoms. The molecule has 0 bridgehead atoms. The largest absolute Gasteiger partial charge is 0.382 e. The van der Waals surface area contributed by atoms with Crippen molar-refractivity contribution in [1.29, 1.82) is 0 Å². The van der Waals surface area contributed by atoms with Crippen LogP contribution in [-0.2, 0) is 0 Å². The van der Waals surface area contributed by atoms with Crippen molar-refractivity contribution >= 4 is 28.2 Å². The molecular weight excluding hydrogens is 286 g/mol. The standard InChI is InChI=1S/C14H21N5OS/c15-9-5-7-19(8-6-9)14-18-12(16)11(21-14)13(20)17-10-3-1-2-4-10/h1-2,9-10H,3-8,15-16H2,(H,17,20). The Hall–Kier alpha value is -1.60. The minimum absolute atomic E-state index is 0.112. The fourth-order valence-corrected chi connectivity index (χ4v) is 3.63. The van der Waals surface area contributed by atoms with Gasteiger partial charge in [0.05, 0.1) is 0 Å². The van der Waals surface area contributed by atoms with Gasteiger partial charge < -0.3 is 21.7 Å². The predicted molar refractivity (Wildman–Crippen MR) is 85.6 cm³/mol. The van der Waals surface area contributed by atoms with E-state index < -0.39 is 0 Å². The minimum atomic E-state index is -0.112. The first kappa shape index (κ1) is 14.3. The maximum absolute atomic E-state index is 12.3. The average molecular weight is 307 g/mol. The van der Waals surface area contributed by atoms with Gasteiger partial charge in [0.15, 0.2) is 5.13 Å². The highest BCUT2D eigenvalue weighted by Gasteiger charge is 2.24. The number of amides is 1. The van der Waals surface area contributed by atoms with Gasteiger partial charge in [-0.1, -0.05) is 23.5 Å². The summed E-state index contributed by atoms with van der Waals surface area (Å²) in [6.45, 7) is 1.75. The van der Waals surface area contributed by atoms with Crippen LogP contribution in [0.2, 0.25) is 0 Å². The van der Waals surface area contributed by atoms with Crippen molar-refractivity contribution in [1.82, 2.24) is 10.3 Å². The first-order valence-electron chi connectivity index (χ1n) is 7.36. The highest BCUT2D eigenvalue weighted by molar-refractivity contribution is 7.18. The lowest BCUT2D eigenvalue weighted by Crippen LogP contribution is -2.39. The molecule has 2 aliphatic rings. The summed E-state index contributed by atoms with van der Waals surface area (Å²) in [5.41, 5.74) is 11.8. The van der Waals surface area contributed by atoms with Gasteiger partial charge in [-0.15, -0.1) is 0 Å². The van der Waals surface area contributed by atoms with Crippen LogP contribution in [0.3, 0.4) is 0 Å². The number of hydrogen-bond donors (Lipinski definition) is 3. The second kappa shape index (κ2) is 6.03. The Morgan fingerprint density at radius 2 is 2.00 bits per heavy atom. The van der Waals surface area contributed by atoms with Crippen LogP contribution in [0.1, 0.15) is 35.4 Å². The highest BCUT2D eigenvalue weighted by Crippen LogP contribution is 2.30. The molecule has 0 saturated carbocycles. The van der Waals surface area contributed by atoms with Gasteiger partial charge in [-0.25, -0.2) is 4.98 Å². The molecule has 1 aliphatic carbocycles. The maximum Gasteiger partial charge on any atom is 0.265 e. The quantitative estimate of drug-likeness (QED) is 0.727. The normalized spacial score (nSPS) is 20.1. The first-order chi connectivity index (χ1) is 10.1. The number of nitrogen functional groups attached to an aromatic ring is 1. The zero-order valence-corrected chi connectivity index (χ0v) is 12.7. The third-order valence-electron chi connectivity index (χ3n) is 4.00. The van der Waals surface area contributed by atoms with Crippen molar-refractivity contribution in [3.8, 4) is 0 Å². The van der Waals surface area contributed by atoms with E-state index in [-0.39, 0.29) is 18.0 Å². The first-order valence-corrected chi connectivity index (χ1v) is 8.18. The number of rotatable bonds is 3. The monoisotopic (exact) mass is 307 g/mol. The molecular formula is C14H21N5OS. The fraction of sp³-hybridized carbons (Fsp3) is 0.571. The molecule has 3 rings (SSSR count). The number of nitrogens with one attached hydrogen (secondary N) is 1. The van der Waals surface area contributed by atoms with Gasteiger partial charge in [0.1, 0.15) is 10.7 Å². The Bertz CT molecular complexity index is 540. The van der Waals surface area contributed by atoms with Crippen LogP contribution in [0.25, 0.3) is 0 Å². The summed E-state index contributed by atoms with van der Waals surface area (Å²) in [7, 11) is 0. The molecule has 1 fully saturated rings. The number of anilines is 2. The number of hydrogen-bond acceptors (Lipinski definition) is 6. The second-order valence-electron chi connectivity index (χ2n) is 5.65. The number of nitrogens with two attached hydrogens (primary N) is 2. The SMILES string of the molecule is Nc1nc(N2CCC(N)CC2)sc1C(=O)NC1CC=CC1. The maximum atomic E-state index is 12.3. The number of carbonyl (C=O) groups excluding carboxylic acids is 1. The summed E-state index contributed by atoms with van der Waals surface area (Å²) in [4.78, 5) is 19.3. The smallest absolute Gasteiger partial charge is 0.265 e. The third-order valence-corrected chi connectivity index (χ3v) is 5.13. The van der Waals surface area contributed by atoms with Crippen LogP contribution in [0.15, 0.2) is 12.2 Å². The summed E-state index contributed by atoms with van der Waals surface area (Å²) in [5.74, 6) is 0.215. The Morgan fingerprint density at radius 1 is 1.33 bits per heavy atom. The average Bonchev–Trinajstić information content (AvgIpc) is 3.09.